The van der Waals surface area contributed by atoms with E-state index in [-0.39, 0.29) is 24.0 Å². The molecule has 0 atom stereocenters. The zero-order valence-corrected chi connectivity index (χ0v) is 16.3. The summed E-state index contributed by atoms with van der Waals surface area (Å²) in [6.45, 7) is 2.14. The van der Waals surface area contributed by atoms with Crippen LogP contribution in [0.5, 0.6) is 11.5 Å². The molecule has 28 heavy (non-hydrogen) atoms. The number of likely N-dealkylation sites (tertiary alicyclic amines) is 1. The number of hydrogen-bond donors (Lipinski definition) is 0. The molecule has 1 fully saturated rings. The first-order valence-electron chi connectivity index (χ1n) is 9.57. The van der Waals surface area contributed by atoms with Crippen LogP contribution < -0.4 is 9.47 Å². The molecule has 0 aliphatic carbocycles. The van der Waals surface area contributed by atoms with Crippen molar-refractivity contribution in [1.29, 1.82) is 0 Å². The van der Waals surface area contributed by atoms with Gasteiger partial charge in [-0.3, -0.25) is 9.59 Å². The highest BCUT2D eigenvalue weighted by Crippen LogP contribution is 2.38. The van der Waals surface area contributed by atoms with Crippen molar-refractivity contribution in [3.63, 3.8) is 0 Å². The number of fused-ring (bicyclic) bond motifs is 1. The Bertz CT molecular complexity index is 876. The van der Waals surface area contributed by atoms with E-state index in [4.69, 9.17) is 21.1 Å². The smallest absolute Gasteiger partial charge is 0.226 e. The highest BCUT2D eigenvalue weighted by molar-refractivity contribution is 6.32. The fraction of sp³-hybridized carbons (Fsp3) is 0.364. The van der Waals surface area contributed by atoms with Crippen LogP contribution in [0.1, 0.15) is 28.8 Å². The SMILES string of the molecule is O=C(c1ccccc1)C1CCN(C(=O)Cc2cc(Cl)c3c(c2)OCCO3)CC1. The van der Waals surface area contributed by atoms with Crippen LogP contribution in [-0.4, -0.2) is 42.9 Å². The Morgan fingerprint density at radius 3 is 2.50 bits per heavy atom. The Hall–Kier alpha value is -2.53. The fourth-order valence-corrected chi connectivity index (χ4v) is 4.07. The average molecular weight is 400 g/mol. The van der Waals surface area contributed by atoms with Gasteiger partial charge in [-0.15, -0.1) is 0 Å². The van der Waals surface area contributed by atoms with Gasteiger partial charge < -0.3 is 14.4 Å². The molecule has 2 aromatic carbocycles. The number of piperidine rings is 1. The van der Waals surface area contributed by atoms with E-state index < -0.39 is 0 Å². The van der Waals surface area contributed by atoms with Crippen LogP contribution in [0.2, 0.25) is 5.02 Å². The van der Waals surface area contributed by atoms with E-state index in [1.54, 1.807) is 6.07 Å². The predicted molar refractivity (Wildman–Crippen MR) is 106 cm³/mol. The maximum Gasteiger partial charge on any atom is 0.226 e. The number of nitrogens with zero attached hydrogens (tertiary/aromatic N) is 1. The molecule has 0 spiro atoms. The van der Waals surface area contributed by atoms with E-state index in [1.165, 1.54) is 0 Å². The Morgan fingerprint density at radius 2 is 1.75 bits per heavy atom. The van der Waals surface area contributed by atoms with Gasteiger partial charge >= 0.3 is 0 Å². The van der Waals surface area contributed by atoms with E-state index in [9.17, 15) is 9.59 Å². The average Bonchev–Trinajstić information content (AvgIpc) is 2.74. The summed E-state index contributed by atoms with van der Waals surface area (Å²) >= 11 is 6.26. The minimum atomic E-state index is -0.0183. The lowest BCUT2D eigenvalue weighted by Gasteiger charge is -2.31. The first kappa shape index (κ1) is 18.8. The molecule has 2 aliphatic rings. The molecule has 0 radical (unpaired) electrons. The lowest BCUT2D eigenvalue weighted by atomic mass is 9.88. The molecule has 2 aliphatic heterocycles. The van der Waals surface area contributed by atoms with Gasteiger partial charge in [0.2, 0.25) is 5.91 Å². The van der Waals surface area contributed by atoms with Crippen molar-refractivity contribution >= 4 is 23.3 Å². The number of carbonyl (C=O) groups is 2. The van der Waals surface area contributed by atoms with Crippen LogP contribution in [0.3, 0.4) is 0 Å². The quantitative estimate of drug-likeness (QED) is 0.734. The summed E-state index contributed by atoms with van der Waals surface area (Å²) in [5.41, 5.74) is 1.56. The predicted octanol–water partition coefficient (Wildman–Crippen LogP) is 3.78. The maximum absolute atomic E-state index is 12.7. The third-order valence-electron chi connectivity index (χ3n) is 5.29. The third-order valence-corrected chi connectivity index (χ3v) is 5.57. The molecule has 0 bridgehead atoms. The van der Waals surface area contributed by atoms with Gasteiger partial charge in [-0.2, -0.15) is 0 Å². The molecular weight excluding hydrogens is 378 g/mol. The van der Waals surface area contributed by atoms with Crippen molar-refractivity contribution in [2.24, 2.45) is 5.92 Å². The third kappa shape index (κ3) is 3.99. The van der Waals surface area contributed by atoms with Gasteiger partial charge in [0, 0.05) is 24.6 Å². The van der Waals surface area contributed by atoms with Crippen LogP contribution in [0.15, 0.2) is 42.5 Å². The molecule has 2 heterocycles. The second-order valence-electron chi connectivity index (χ2n) is 7.16. The largest absolute Gasteiger partial charge is 0.486 e. The van der Waals surface area contributed by atoms with Gasteiger partial charge in [-0.25, -0.2) is 0 Å². The molecule has 1 amide bonds. The van der Waals surface area contributed by atoms with E-state index in [0.717, 1.165) is 11.1 Å². The Labute approximate surface area is 169 Å². The first-order valence-corrected chi connectivity index (χ1v) is 9.94. The molecule has 0 saturated carbocycles. The van der Waals surface area contributed by atoms with Crippen LogP contribution in [0.4, 0.5) is 0 Å². The number of amides is 1. The molecule has 1 saturated heterocycles. The van der Waals surface area contributed by atoms with E-state index >= 15 is 0 Å². The van der Waals surface area contributed by atoms with Gasteiger partial charge in [0.05, 0.1) is 11.4 Å². The standard InChI is InChI=1S/C22H22ClNO4/c23-18-12-15(13-19-22(18)28-11-10-27-19)14-20(25)24-8-6-17(7-9-24)21(26)16-4-2-1-3-5-16/h1-5,12-13,17H,6-11,14H2. The number of Topliss-reactive ketones (excluding diaryl/α,β-unsaturated/α-hetero) is 1. The van der Waals surface area contributed by atoms with E-state index in [0.29, 0.717) is 55.7 Å². The molecule has 146 valence electrons. The number of benzene rings is 2. The number of ketones is 1. The van der Waals surface area contributed by atoms with Gasteiger partial charge in [0.1, 0.15) is 13.2 Å². The second-order valence-corrected chi connectivity index (χ2v) is 7.57. The number of rotatable bonds is 4. The molecule has 2 aromatic rings. The van der Waals surface area contributed by atoms with Crippen molar-refractivity contribution in [2.75, 3.05) is 26.3 Å². The van der Waals surface area contributed by atoms with Crippen molar-refractivity contribution < 1.29 is 19.1 Å². The van der Waals surface area contributed by atoms with Crippen molar-refractivity contribution in [3.8, 4) is 11.5 Å². The van der Waals surface area contributed by atoms with E-state index in [2.05, 4.69) is 0 Å². The first-order chi connectivity index (χ1) is 13.6. The Morgan fingerprint density at radius 1 is 1.04 bits per heavy atom. The summed E-state index contributed by atoms with van der Waals surface area (Å²) in [5.74, 6) is 1.33. The van der Waals surface area contributed by atoms with Crippen molar-refractivity contribution in [2.45, 2.75) is 19.3 Å². The molecule has 0 N–H and O–H groups in total. The van der Waals surface area contributed by atoms with Gasteiger partial charge in [0.25, 0.3) is 0 Å². The minimum absolute atomic E-state index is 0.0183. The topological polar surface area (TPSA) is 55.8 Å². The molecule has 6 heteroatoms. The Kier molecular flexibility index (Phi) is 5.53. The highest BCUT2D eigenvalue weighted by atomic mass is 35.5. The Balaban J connectivity index is 1.36. The van der Waals surface area contributed by atoms with Crippen LogP contribution >= 0.6 is 11.6 Å². The lowest BCUT2D eigenvalue weighted by molar-refractivity contribution is -0.131. The highest BCUT2D eigenvalue weighted by Gasteiger charge is 2.28. The number of halogens is 1. The second kappa shape index (κ2) is 8.23. The lowest BCUT2D eigenvalue weighted by Crippen LogP contribution is -2.41. The summed E-state index contributed by atoms with van der Waals surface area (Å²) in [6, 6.07) is 13.0. The maximum atomic E-state index is 12.7. The summed E-state index contributed by atoms with van der Waals surface area (Å²) in [5, 5.41) is 0.465. The van der Waals surface area contributed by atoms with Crippen LogP contribution in [-0.2, 0) is 11.2 Å². The van der Waals surface area contributed by atoms with Crippen LogP contribution in [0, 0.1) is 5.92 Å². The zero-order chi connectivity index (χ0) is 19.5. The summed E-state index contributed by atoms with van der Waals surface area (Å²) in [4.78, 5) is 27.1. The van der Waals surface area contributed by atoms with Crippen LogP contribution in [0.25, 0.3) is 0 Å². The molecule has 5 nitrogen and oxygen atoms in total. The summed E-state index contributed by atoms with van der Waals surface area (Å²) in [6.07, 6.45) is 1.65. The van der Waals surface area contributed by atoms with Gasteiger partial charge in [-0.05, 0) is 30.5 Å². The summed E-state index contributed by atoms with van der Waals surface area (Å²) < 4.78 is 11.1. The number of carbonyl (C=O) groups excluding carboxylic acids is 2. The molecule has 0 unspecified atom stereocenters. The van der Waals surface area contributed by atoms with Crippen molar-refractivity contribution in [3.05, 3.63) is 58.6 Å². The fourth-order valence-electron chi connectivity index (χ4n) is 3.78. The number of hydrogen-bond acceptors (Lipinski definition) is 4. The molecular formula is C22H22ClNO4. The number of ether oxygens (including phenoxy) is 2. The zero-order valence-electron chi connectivity index (χ0n) is 15.5. The van der Waals surface area contributed by atoms with E-state index in [1.807, 2.05) is 41.3 Å². The monoisotopic (exact) mass is 399 g/mol. The van der Waals surface area contributed by atoms with Gasteiger partial charge in [0.15, 0.2) is 17.3 Å². The van der Waals surface area contributed by atoms with Gasteiger partial charge in [-0.1, -0.05) is 41.9 Å². The molecule has 0 aromatic heterocycles. The minimum Gasteiger partial charge on any atom is -0.486 e. The molecule has 4 rings (SSSR count). The summed E-state index contributed by atoms with van der Waals surface area (Å²) in [7, 11) is 0. The normalized spacial score (nSPS) is 16.7. The van der Waals surface area contributed by atoms with Crippen molar-refractivity contribution in [1.82, 2.24) is 4.90 Å².